The van der Waals surface area contributed by atoms with Crippen molar-refractivity contribution in [3.63, 3.8) is 0 Å². The first-order valence-corrected chi connectivity index (χ1v) is 7.60. The lowest BCUT2D eigenvalue weighted by Crippen LogP contribution is -2.07. The minimum atomic E-state index is -0.0990. The molecule has 1 heterocycles. The van der Waals surface area contributed by atoms with Gasteiger partial charge in [0.2, 0.25) is 0 Å². The van der Waals surface area contributed by atoms with Crippen molar-refractivity contribution in [2.75, 3.05) is 0 Å². The second-order valence-corrected chi connectivity index (χ2v) is 5.32. The maximum atomic E-state index is 9.46. The molecule has 0 amide bonds. The molecular weight excluding hydrogens is 302 g/mol. The number of aliphatic hydroxyl groups excluding tert-OH is 1. The summed E-state index contributed by atoms with van der Waals surface area (Å²) in [4.78, 5) is 0. The highest BCUT2D eigenvalue weighted by atomic mass is 16.5. The summed E-state index contributed by atoms with van der Waals surface area (Å²) < 4.78 is 7.59. The van der Waals surface area contributed by atoms with Crippen molar-refractivity contribution in [3.05, 3.63) is 77.1 Å². The molecule has 24 heavy (non-hydrogen) atoms. The van der Waals surface area contributed by atoms with Crippen LogP contribution >= 0.6 is 0 Å². The van der Waals surface area contributed by atoms with Crippen LogP contribution in [0.15, 0.2) is 54.6 Å². The summed E-state index contributed by atoms with van der Waals surface area (Å²) in [7, 11) is 0. The number of nitrogens with zero attached hydrogens (tertiary/aromatic N) is 3. The Labute approximate surface area is 140 Å². The van der Waals surface area contributed by atoms with Crippen LogP contribution in [0.2, 0.25) is 0 Å². The van der Waals surface area contributed by atoms with E-state index in [9.17, 15) is 10.4 Å². The quantitative estimate of drug-likeness (QED) is 0.784. The molecule has 3 aromatic rings. The zero-order valence-corrected chi connectivity index (χ0v) is 13.3. The second-order valence-electron chi connectivity index (χ2n) is 5.32. The van der Waals surface area contributed by atoms with E-state index in [0.717, 1.165) is 5.69 Å². The normalized spacial score (nSPS) is 10.4. The highest BCUT2D eigenvalue weighted by Crippen LogP contribution is 2.23. The first kappa shape index (κ1) is 15.8. The van der Waals surface area contributed by atoms with Gasteiger partial charge in [0.05, 0.1) is 23.7 Å². The second kappa shape index (κ2) is 6.99. The molecule has 1 aromatic heterocycles. The molecule has 3 rings (SSSR count). The van der Waals surface area contributed by atoms with Crippen molar-refractivity contribution >= 4 is 0 Å². The highest BCUT2D eigenvalue weighted by molar-refractivity contribution is 5.43. The topological polar surface area (TPSA) is 71.1 Å². The van der Waals surface area contributed by atoms with E-state index in [2.05, 4.69) is 11.2 Å². The average Bonchev–Trinajstić information content (AvgIpc) is 2.96. The van der Waals surface area contributed by atoms with Crippen LogP contribution in [0.1, 0.15) is 22.5 Å². The van der Waals surface area contributed by atoms with Crippen LogP contribution in [-0.4, -0.2) is 14.9 Å². The maximum Gasteiger partial charge on any atom is 0.132 e. The third-order valence-electron chi connectivity index (χ3n) is 3.78. The van der Waals surface area contributed by atoms with E-state index in [1.807, 2.05) is 49.4 Å². The lowest BCUT2D eigenvalue weighted by Gasteiger charge is -2.12. The van der Waals surface area contributed by atoms with E-state index in [1.165, 1.54) is 0 Å². The van der Waals surface area contributed by atoms with Crippen molar-refractivity contribution in [1.82, 2.24) is 9.78 Å². The summed E-state index contributed by atoms with van der Waals surface area (Å²) in [5.41, 5.74) is 3.44. The Balaban J connectivity index is 1.97. The largest absolute Gasteiger partial charge is 0.487 e. The van der Waals surface area contributed by atoms with Crippen molar-refractivity contribution in [2.24, 2.45) is 0 Å². The molecule has 5 nitrogen and oxygen atoms in total. The van der Waals surface area contributed by atoms with Gasteiger partial charge in [0.25, 0.3) is 0 Å². The van der Waals surface area contributed by atoms with Gasteiger partial charge in [-0.05, 0) is 25.1 Å². The van der Waals surface area contributed by atoms with Crippen molar-refractivity contribution in [1.29, 1.82) is 5.26 Å². The van der Waals surface area contributed by atoms with E-state index >= 15 is 0 Å². The Morgan fingerprint density at radius 1 is 1.12 bits per heavy atom. The predicted molar refractivity (Wildman–Crippen MR) is 89.7 cm³/mol. The van der Waals surface area contributed by atoms with Gasteiger partial charge in [-0.3, -0.25) is 0 Å². The lowest BCUT2D eigenvalue weighted by atomic mass is 10.2. The molecule has 0 saturated heterocycles. The van der Waals surface area contributed by atoms with Gasteiger partial charge in [0.15, 0.2) is 0 Å². The summed E-state index contributed by atoms with van der Waals surface area (Å²) in [6, 6.07) is 19.1. The smallest absolute Gasteiger partial charge is 0.132 e. The first-order valence-electron chi connectivity index (χ1n) is 7.60. The van der Waals surface area contributed by atoms with Crippen LogP contribution in [0.5, 0.6) is 5.75 Å². The average molecular weight is 319 g/mol. The molecular formula is C19H17N3O2. The fourth-order valence-corrected chi connectivity index (χ4v) is 2.56. The summed E-state index contributed by atoms with van der Waals surface area (Å²) in [5, 5.41) is 23.3. The third kappa shape index (κ3) is 3.00. The molecule has 0 saturated carbocycles. The number of para-hydroxylation sites is 2. The molecule has 120 valence electrons. The summed E-state index contributed by atoms with van der Waals surface area (Å²) in [5.74, 6) is 0.599. The van der Waals surface area contributed by atoms with Gasteiger partial charge in [-0.1, -0.05) is 36.4 Å². The molecule has 0 atom stereocenters. The fourth-order valence-electron chi connectivity index (χ4n) is 2.56. The number of aliphatic hydroxyl groups is 1. The van der Waals surface area contributed by atoms with Gasteiger partial charge in [-0.25, -0.2) is 4.68 Å². The Hall–Kier alpha value is -3.10. The van der Waals surface area contributed by atoms with E-state index in [0.29, 0.717) is 28.3 Å². The number of ether oxygens (including phenoxy) is 1. The summed E-state index contributed by atoms with van der Waals surface area (Å²) in [6.07, 6.45) is 0. The first-order chi connectivity index (χ1) is 11.7. The van der Waals surface area contributed by atoms with E-state index in [1.54, 1.807) is 16.8 Å². The van der Waals surface area contributed by atoms with Crippen molar-refractivity contribution < 1.29 is 9.84 Å². The Bertz CT molecular complexity index is 879. The predicted octanol–water partition coefficient (Wildman–Crippen LogP) is 3.12. The molecule has 0 aliphatic carbocycles. The molecule has 0 fully saturated rings. The van der Waals surface area contributed by atoms with Crippen LogP contribution in [0.25, 0.3) is 5.69 Å². The van der Waals surface area contributed by atoms with E-state index in [-0.39, 0.29) is 13.2 Å². The van der Waals surface area contributed by atoms with Gasteiger partial charge in [0, 0.05) is 5.56 Å². The molecule has 0 radical (unpaired) electrons. The molecule has 0 aliphatic heterocycles. The number of rotatable bonds is 5. The van der Waals surface area contributed by atoms with Crippen LogP contribution in [0, 0.1) is 18.3 Å². The molecule has 2 aromatic carbocycles. The minimum absolute atomic E-state index is 0.0990. The Morgan fingerprint density at radius 3 is 2.54 bits per heavy atom. The zero-order chi connectivity index (χ0) is 16.9. The fraction of sp³-hybridized carbons (Fsp3) is 0.158. The molecule has 0 unspecified atom stereocenters. The SMILES string of the molecule is Cc1nn(-c2ccccc2)c(COc2ccccc2CO)c1C#N. The van der Waals surface area contributed by atoms with E-state index in [4.69, 9.17) is 4.74 Å². The highest BCUT2D eigenvalue weighted by Gasteiger charge is 2.17. The maximum absolute atomic E-state index is 9.46. The lowest BCUT2D eigenvalue weighted by molar-refractivity contribution is 0.256. The molecule has 0 aliphatic rings. The molecule has 0 spiro atoms. The van der Waals surface area contributed by atoms with E-state index < -0.39 is 0 Å². The number of aromatic nitrogens is 2. The Morgan fingerprint density at radius 2 is 1.83 bits per heavy atom. The van der Waals surface area contributed by atoms with Crippen LogP contribution in [0.3, 0.4) is 0 Å². The minimum Gasteiger partial charge on any atom is -0.487 e. The van der Waals surface area contributed by atoms with Crippen LogP contribution in [0.4, 0.5) is 0 Å². The van der Waals surface area contributed by atoms with Crippen molar-refractivity contribution in [3.8, 4) is 17.5 Å². The van der Waals surface area contributed by atoms with Gasteiger partial charge in [-0.2, -0.15) is 10.4 Å². The van der Waals surface area contributed by atoms with Gasteiger partial charge in [-0.15, -0.1) is 0 Å². The molecule has 5 heteroatoms. The van der Waals surface area contributed by atoms with Crippen LogP contribution < -0.4 is 4.74 Å². The molecule has 0 bridgehead atoms. The molecule has 1 N–H and O–H groups in total. The van der Waals surface area contributed by atoms with Crippen molar-refractivity contribution in [2.45, 2.75) is 20.1 Å². The third-order valence-corrected chi connectivity index (χ3v) is 3.78. The van der Waals surface area contributed by atoms with Crippen LogP contribution in [-0.2, 0) is 13.2 Å². The number of nitriles is 1. The number of benzene rings is 2. The summed E-state index contributed by atoms with van der Waals surface area (Å²) in [6.45, 7) is 1.90. The summed E-state index contributed by atoms with van der Waals surface area (Å²) >= 11 is 0. The van der Waals surface area contributed by atoms with Gasteiger partial charge >= 0.3 is 0 Å². The van der Waals surface area contributed by atoms with Gasteiger partial charge < -0.3 is 9.84 Å². The number of hydrogen-bond donors (Lipinski definition) is 1. The van der Waals surface area contributed by atoms with Gasteiger partial charge in [0.1, 0.15) is 24.0 Å². The standard InChI is InChI=1S/C19H17N3O2/c1-14-17(11-20)18(22(21-14)16-8-3-2-4-9-16)13-24-19-10-6-5-7-15(19)12-23/h2-10,23H,12-13H2,1H3. The zero-order valence-electron chi connectivity index (χ0n) is 13.3. The number of aryl methyl sites for hydroxylation is 1. The monoisotopic (exact) mass is 319 g/mol. The number of hydrogen-bond acceptors (Lipinski definition) is 4. The Kier molecular flexibility index (Phi) is 4.59.